The van der Waals surface area contributed by atoms with Gasteiger partial charge in [0.15, 0.2) is 0 Å². The molecular formula is C26H23ClN2O3. The van der Waals surface area contributed by atoms with E-state index in [1.54, 1.807) is 54.5 Å². The monoisotopic (exact) mass is 446 g/mol. The molecule has 0 atom stereocenters. The van der Waals surface area contributed by atoms with Crippen LogP contribution in [-0.2, 0) is 6.54 Å². The summed E-state index contributed by atoms with van der Waals surface area (Å²) in [5, 5.41) is 1.31. The molecule has 0 aliphatic rings. The highest BCUT2D eigenvalue weighted by Gasteiger charge is 2.21. The van der Waals surface area contributed by atoms with Gasteiger partial charge >= 0.3 is 0 Å². The largest absolute Gasteiger partial charge is 0.497 e. The number of nitrogens with one attached hydrogen (secondary N) is 1. The highest BCUT2D eigenvalue weighted by atomic mass is 35.5. The van der Waals surface area contributed by atoms with E-state index in [2.05, 4.69) is 4.98 Å². The second-order valence-corrected chi connectivity index (χ2v) is 8.20. The number of pyridine rings is 1. The Balaban J connectivity index is 1.82. The number of H-pyrrole nitrogens is 1. The van der Waals surface area contributed by atoms with E-state index in [1.807, 2.05) is 38.1 Å². The fourth-order valence-electron chi connectivity index (χ4n) is 3.80. The van der Waals surface area contributed by atoms with Gasteiger partial charge in [-0.25, -0.2) is 0 Å². The van der Waals surface area contributed by atoms with Crippen LogP contribution in [0.3, 0.4) is 0 Å². The van der Waals surface area contributed by atoms with Crippen molar-refractivity contribution >= 4 is 34.1 Å². The maximum Gasteiger partial charge on any atom is 0.258 e. The molecule has 0 aliphatic carbocycles. The van der Waals surface area contributed by atoms with Crippen molar-refractivity contribution in [2.75, 3.05) is 12.0 Å². The van der Waals surface area contributed by atoms with Crippen LogP contribution in [0.1, 0.15) is 27.0 Å². The number of amides is 1. The molecule has 0 saturated carbocycles. The van der Waals surface area contributed by atoms with Gasteiger partial charge in [0.05, 0.1) is 13.7 Å². The third-order valence-corrected chi connectivity index (χ3v) is 5.65. The number of aryl methyl sites for hydroxylation is 2. The van der Waals surface area contributed by atoms with Crippen LogP contribution in [0, 0.1) is 13.8 Å². The lowest BCUT2D eigenvalue weighted by Crippen LogP contribution is -2.33. The van der Waals surface area contributed by atoms with Crippen molar-refractivity contribution in [3.8, 4) is 5.75 Å². The Morgan fingerprint density at radius 3 is 2.56 bits per heavy atom. The molecule has 1 N–H and O–H groups in total. The number of carbonyl (C=O) groups is 1. The Bertz CT molecular complexity index is 1380. The highest BCUT2D eigenvalue weighted by molar-refractivity contribution is 6.31. The van der Waals surface area contributed by atoms with Crippen LogP contribution in [0.5, 0.6) is 5.75 Å². The normalized spacial score (nSPS) is 10.9. The third-order valence-electron chi connectivity index (χ3n) is 5.42. The lowest BCUT2D eigenvalue weighted by Gasteiger charge is -2.25. The van der Waals surface area contributed by atoms with E-state index >= 15 is 0 Å². The van der Waals surface area contributed by atoms with Gasteiger partial charge in [-0.15, -0.1) is 0 Å². The number of aromatic nitrogens is 1. The minimum atomic E-state index is -0.240. The number of benzene rings is 3. The fraction of sp³-hybridized carbons (Fsp3) is 0.154. The van der Waals surface area contributed by atoms with Crippen molar-refractivity contribution in [2.45, 2.75) is 20.4 Å². The molecule has 3 aromatic carbocycles. The van der Waals surface area contributed by atoms with E-state index in [0.717, 1.165) is 22.2 Å². The molecule has 1 amide bonds. The van der Waals surface area contributed by atoms with E-state index in [1.165, 1.54) is 0 Å². The fourth-order valence-corrected chi connectivity index (χ4v) is 3.99. The zero-order chi connectivity index (χ0) is 22.8. The molecule has 162 valence electrons. The van der Waals surface area contributed by atoms with Gasteiger partial charge in [0.2, 0.25) is 0 Å². The minimum absolute atomic E-state index is 0.109. The van der Waals surface area contributed by atoms with Gasteiger partial charge in [0, 0.05) is 32.7 Å². The molecule has 0 aliphatic heterocycles. The first-order valence-electron chi connectivity index (χ1n) is 10.2. The summed E-state index contributed by atoms with van der Waals surface area (Å²) in [5.74, 6) is 0.460. The van der Waals surface area contributed by atoms with Crippen molar-refractivity contribution in [1.82, 2.24) is 4.98 Å². The molecule has 1 heterocycles. The van der Waals surface area contributed by atoms with Crippen molar-refractivity contribution in [1.29, 1.82) is 0 Å². The zero-order valence-corrected chi connectivity index (χ0v) is 18.9. The molecule has 6 heteroatoms. The number of hydrogen-bond acceptors (Lipinski definition) is 3. The predicted molar refractivity (Wildman–Crippen MR) is 129 cm³/mol. The van der Waals surface area contributed by atoms with Crippen LogP contribution < -0.4 is 15.2 Å². The van der Waals surface area contributed by atoms with Crippen LogP contribution >= 0.6 is 11.6 Å². The van der Waals surface area contributed by atoms with Crippen LogP contribution in [0.2, 0.25) is 5.02 Å². The van der Waals surface area contributed by atoms with Crippen molar-refractivity contribution in [2.24, 2.45) is 0 Å². The number of ether oxygens (including phenoxy) is 1. The third kappa shape index (κ3) is 4.39. The van der Waals surface area contributed by atoms with Gasteiger partial charge in [-0.3, -0.25) is 9.59 Å². The Labute approximate surface area is 191 Å². The molecule has 0 spiro atoms. The molecule has 0 saturated heterocycles. The molecule has 0 radical (unpaired) electrons. The topological polar surface area (TPSA) is 62.4 Å². The number of rotatable bonds is 5. The summed E-state index contributed by atoms with van der Waals surface area (Å²) in [6.07, 6.45) is 0. The second kappa shape index (κ2) is 8.89. The zero-order valence-electron chi connectivity index (χ0n) is 18.1. The van der Waals surface area contributed by atoms with Gasteiger partial charge in [0.1, 0.15) is 5.75 Å². The Morgan fingerprint density at radius 1 is 1.03 bits per heavy atom. The molecule has 4 aromatic rings. The predicted octanol–water partition coefficient (Wildman–Crippen LogP) is 5.65. The van der Waals surface area contributed by atoms with Gasteiger partial charge in [-0.1, -0.05) is 35.4 Å². The summed E-state index contributed by atoms with van der Waals surface area (Å²) in [4.78, 5) is 30.9. The van der Waals surface area contributed by atoms with Gasteiger partial charge < -0.3 is 14.6 Å². The Kier molecular flexibility index (Phi) is 6.01. The summed E-state index contributed by atoms with van der Waals surface area (Å²) >= 11 is 6.13. The minimum Gasteiger partial charge on any atom is -0.497 e. The van der Waals surface area contributed by atoms with E-state index in [0.29, 0.717) is 27.4 Å². The van der Waals surface area contributed by atoms with Gasteiger partial charge in [-0.2, -0.15) is 0 Å². The van der Waals surface area contributed by atoms with E-state index < -0.39 is 0 Å². The quantitative estimate of drug-likeness (QED) is 0.430. The number of hydrogen-bond donors (Lipinski definition) is 1. The van der Waals surface area contributed by atoms with Gasteiger partial charge in [0.25, 0.3) is 11.5 Å². The van der Waals surface area contributed by atoms with Crippen molar-refractivity contribution < 1.29 is 9.53 Å². The van der Waals surface area contributed by atoms with Crippen molar-refractivity contribution in [3.05, 3.63) is 104 Å². The van der Waals surface area contributed by atoms with Crippen molar-refractivity contribution in [3.63, 3.8) is 0 Å². The van der Waals surface area contributed by atoms with Gasteiger partial charge in [-0.05, 0) is 67.9 Å². The number of aromatic amines is 1. The molecule has 0 unspecified atom stereocenters. The number of anilines is 1. The number of carbonyl (C=O) groups excluding carboxylic acids is 1. The summed E-state index contributed by atoms with van der Waals surface area (Å²) in [7, 11) is 1.60. The summed E-state index contributed by atoms with van der Waals surface area (Å²) in [5.41, 5.74) is 4.18. The maximum absolute atomic E-state index is 13.5. The van der Waals surface area contributed by atoms with Crippen LogP contribution in [-0.4, -0.2) is 18.0 Å². The molecule has 1 aromatic heterocycles. The second-order valence-electron chi connectivity index (χ2n) is 7.77. The first-order chi connectivity index (χ1) is 15.4. The number of halogens is 1. The lowest BCUT2D eigenvalue weighted by molar-refractivity contribution is 0.0985. The molecular weight excluding hydrogens is 424 g/mol. The SMILES string of the molecule is COc1ccc2[nH]c(=O)c(CN(C(=O)c3cccc(Cl)c3)c3ccc(C)cc3C)cc2c1. The Hall–Kier alpha value is -3.57. The number of fused-ring (bicyclic) bond motifs is 1. The molecule has 32 heavy (non-hydrogen) atoms. The van der Waals surface area contributed by atoms with Crippen LogP contribution in [0.25, 0.3) is 10.9 Å². The summed E-state index contributed by atoms with van der Waals surface area (Å²) in [6.45, 7) is 4.06. The highest BCUT2D eigenvalue weighted by Crippen LogP contribution is 2.26. The Morgan fingerprint density at radius 2 is 1.84 bits per heavy atom. The average molecular weight is 447 g/mol. The summed E-state index contributed by atoms with van der Waals surface area (Å²) in [6, 6.07) is 20.0. The standard InChI is InChI=1S/C26H23ClN2O3/c1-16-7-10-24(17(2)11-16)29(26(31)18-5-4-6-21(27)13-18)15-20-12-19-14-22(32-3)8-9-23(19)28-25(20)30/h4-14H,15H2,1-3H3,(H,28,30). The number of methoxy groups -OCH3 is 1. The van der Waals surface area contributed by atoms with Crippen LogP contribution in [0.4, 0.5) is 5.69 Å². The summed E-state index contributed by atoms with van der Waals surface area (Å²) < 4.78 is 5.31. The van der Waals surface area contributed by atoms with E-state index in [-0.39, 0.29) is 18.0 Å². The maximum atomic E-state index is 13.5. The van der Waals surface area contributed by atoms with Crippen LogP contribution in [0.15, 0.2) is 71.5 Å². The molecule has 0 bridgehead atoms. The molecule has 4 rings (SSSR count). The molecule has 5 nitrogen and oxygen atoms in total. The lowest BCUT2D eigenvalue weighted by atomic mass is 10.1. The first kappa shape index (κ1) is 21.7. The molecule has 0 fully saturated rings. The average Bonchev–Trinajstić information content (AvgIpc) is 2.77. The number of nitrogens with zero attached hydrogens (tertiary/aromatic N) is 1. The van der Waals surface area contributed by atoms with E-state index in [4.69, 9.17) is 16.3 Å². The smallest absolute Gasteiger partial charge is 0.258 e. The first-order valence-corrected chi connectivity index (χ1v) is 10.6. The van der Waals surface area contributed by atoms with E-state index in [9.17, 15) is 9.59 Å².